The van der Waals surface area contributed by atoms with Gasteiger partial charge < -0.3 is 0 Å². The predicted molar refractivity (Wildman–Crippen MR) is 83.5 cm³/mol. The second-order valence-electron chi connectivity index (χ2n) is 4.55. The Morgan fingerprint density at radius 1 is 1.10 bits per heavy atom. The normalized spacial score (nSPS) is 10.5. The van der Waals surface area contributed by atoms with Crippen molar-refractivity contribution in [3.63, 3.8) is 0 Å². The molecule has 104 valence electrons. The standard InChI is InChI=1S/C16H12BrN3O/c17-12-6-7-13(18-11-12)10-16(21)15-8-9-20(19-15)14-4-2-1-3-5-14/h1-9,11H,10H2. The van der Waals surface area contributed by atoms with Gasteiger partial charge in [0, 0.05) is 22.6 Å². The highest BCUT2D eigenvalue weighted by Gasteiger charge is 2.11. The van der Waals surface area contributed by atoms with Gasteiger partial charge in [-0.3, -0.25) is 9.78 Å². The number of halogens is 1. The van der Waals surface area contributed by atoms with Crippen LogP contribution < -0.4 is 0 Å². The monoisotopic (exact) mass is 341 g/mol. The van der Waals surface area contributed by atoms with Crippen LogP contribution in [0.1, 0.15) is 16.2 Å². The third kappa shape index (κ3) is 3.25. The largest absolute Gasteiger partial charge is 0.292 e. The zero-order valence-corrected chi connectivity index (χ0v) is 12.7. The molecule has 0 fully saturated rings. The first-order chi connectivity index (χ1) is 10.2. The second-order valence-corrected chi connectivity index (χ2v) is 5.46. The summed E-state index contributed by atoms with van der Waals surface area (Å²) in [6.07, 6.45) is 3.72. The summed E-state index contributed by atoms with van der Waals surface area (Å²) in [5.74, 6) is -0.0421. The van der Waals surface area contributed by atoms with Crippen molar-refractivity contribution in [2.24, 2.45) is 0 Å². The zero-order chi connectivity index (χ0) is 14.7. The van der Waals surface area contributed by atoms with Crippen molar-refractivity contribution in [1.82, 2.24) is 14.8 Å². The molecule has 2 heterocycles. The van der Waals surface area contributed by atoms with Crippen LogP contribution in [-0.4, -0.2) is 20.5 Å². The minimum absolute atomic E-state index is 0.0421. The first-order valence-electron chi connectivity index (χ1n) is 6.47. The molecule has 0 atom stereocenters. The van der Waals surface area contributed by atoms with E-state index in [0.717, 1.165) is 15.9 Å². The summed E-state index contributed by atoms with van der Waals surface area (Å²) in [5, 5.41) is 4.32. The van der Waals surface area contributed by atoms with Gasteiger partial charge in [0.25, 0.3) is 0 Å². The fourth-order valence-electron chi connectivity index (χ4n) is 1.96. The number of carbonyl (C=O) groups excluding carboxylic acids is 1. The summed E-state index contributed by atoms with van der Waals surface area (Å²) in [7, 11) is 0. The van der Waals surface area contributed by atoms with Crippen LogP contribution in [0.2, 0.25) is 0 Å². The summed E-state index contributed by atoms with van der Waals surface area (Å²) in [4.78, 5) is 16.4. The minimum Gasteiger partial charge on any atom is -0.292 e. The van der Waals surface area contributed by atoms with Gasteiger partial charge in [0.15, 0.2) is 5.78 Å². The van der Waals surface area contributed by atoms with Crippen molar-refractivity contribution in [2.75, 3.05) is 0 Å². The van der Waals surface area contributed by atoms with E-state index in [1.54, 1.807) is 23.1 Å². The highest BCUT2D eigenvalue weighted by atomic mass is 79.9. The maximum atomic E-state index is 12.2. The first-order valence-corrected chi connectivity index (χ1v) is 7.26. The number of hydrogen-bond acceptors (Lipinski definition) is 3. The topological polar surface area (TPSA) is 47.8 Å². The highest BCUT2D eigenvalue weighted by Crippen LogP contribution is 2.11. The van der Waals surface area contributed by atoms with Gasteiger partial charge in [0.2, 0.25) is 0 Å². The van der Waals surface area contributed by atoms with Gasteiger partial charge in [-0.25, -0.2) is 4.68 Å². The van der Waals surface area contributed by atoms with Gasteiger partial charge in [-0.05, 0) is 46.3 Å². The Morgan fingerprint density at radius 3 is 2.62 bits per heavy atom. The van der Waals surface area contributed by atoms with Crippen LogP contribution in [0.25, 0.3) is 5.69 Å². The van der Waals surface area contributed by atoms with Gasteiger partial charge in [0.05, 0.1) is 12.1 Å². The van der Waals surface area contributed by atoms with E-state index in [9.17, 15) is 4.79 Å². The summed E-state index contributed by atoms with van der Waals surface area (Å²) in [6, 6.07) is 15.1. The lowest BCUT2D eigenvalue weighted by atomic mass is 10.1. The average Bonchev–Trinajstić information content (AvgIpc) is 3.00. The Kier molecular flexibility index (Phi) is 3.92. The van der Waals surface area contributed by atoms with E-state index in [1.165, 1.54) is 0 Å². The smallest absolute Gasteiger partial charge is 0.188 e. The van der Waals surface area contributed by atoms with E-state index in [-0.39, 0.29) is 12.2 Å². The fraction of sp³-hybridized carbons (Fsp3) is 0.0625. The number of pyridine rings is 1. The Bertz CT molecular complexity index is 751. The molecule has 0 spiro atoms. The fourth-order valence-corrected chi connectivity index (χ4v) is 2.20. The molecule has 5 heteroatoms. The number of para-hydroxylation sites is 1. The van der Waals surface area contributed by atoms with Gasteiger partial charge in [-0.15, -0.1) is 0 Å². The van der Waals surface area contributed by atoms with Crippen LogP contribution in [0.3, 0.4) is 0 Å². The number of ketones is 1. The molecule has 0 radical (unpaired) electrons. The maximum absolute atomic E-state index is 12.2. The van der Waals surface area contributed by atoms with Crippen LogP contribution in [0.5, 0.6) is 0 Å². The molecular formula is C16H12BrN3O. The molecule has 0 saturated carbocycles. The zero-order valence-electron chi connectivity index (χ0n) is 11.1. The summed E-state index contributed by atoms with van der Waals surface area (Å²) in [5.41, 5.74) is 2.11. The highest BCUT2D eigenvalue weighted by molar-refractivity contribution is 9.10. The summed E-state index contributed by atoms with van der Waals surface area (Å²) < 4.78 is 2.59. The third-order valence-corrected chi connectivity index (χ3v) is 3.49. The van der Waals surface area contributed by atoms with E-state index in [4.69, 9.17) is 0 Å². The Labute approximate surface area is 130 Å². The molecule has 3 rings (SSSR count). The molecule has 0 aliphatic carbocycles. The Morgan fingerprint density at radius 2 is 1.90 bits per heavy atom. The molecule has 1 aromatic carbocycles. The van der Waals surface area contributed by atoms with Gasteiger partial charge in [0.1, 0.15) is 5.69 Å². The summed E-state index contributed by atoms with van der Waals surface area (Å²) in [6.45, 7) is 0. The number of hydrogen-bond donors (Lipinski definition) is 0. The number of nitrogens with zero attached hydrogens (tertiary/aromatic N) is 3. The molecule has 0 unspecified atom stereocenters. The molecular weight excluding hydrogens is 330 g/mol. The molecule has 0 bridgehead atoms. The van der Waals surface area contributed by atoms with Crippen LogP contribution in [-0.2, 0) is 6.42 Å². The molecule has 0 saturated heterocycles. The van der Waals surface area contributed by atoms with Gasteiger partial charge in [-0.1, -0.05) is 18.2 Å². The van der Waals surface area contributed by atoms with E-state index < -0.39 is 0 Å². The lowest BCUT2D eigenvalue weighted by Gasteiger charge is -2.00. The SMILES string of the molecule is O=C(Cc1ccc(Br)cn1)c1ccn(-c2ccccc2)n1. The number of aromatic nitrogens is 3. The summed E-state index contributed by atoms with van der Waals surface area (Å²) >= 11 is 3.32. The van der Waals surface area contributed by atoms with Gasteiger partial charge >= 0.3 is 0 Å². The van der Waals surface area contributed by atoms with Crippen molar-refractivity contribution in [3.8, 4) is 5.69 Å². The quantitative estimate of drug-likeness (QED) is 0.683. The van der Waals surface area contributed by atoms with Gasteiger partial charge in [-0.2, -0.15) is 5.10 Å². The van der Waals surface area contributed by atoms with Crippen LogP contribution in [0.15, 0.2) is 65.4 Å². The number of carbonyl (C=O) groups is 1. The number of benzene rings is 1. The van der Waals surface area contributed by atoms with Crippen molar-refractivity contribution >= 4 is 21.7 Å². The maximum Gasteiger partial charge on any atom is 0.188 e. The minimum atomic E-state index is -0.0421. The van der Waals surface area contributed by atoms with Crippen LogP contribution in [0.4, 0.5) is 0 Å². The number of Topliss-reactive ketones (excluding diaryl/α,β-unsaturated/α-hetero) is 1. The molecule has 0 amide bonds. The lowest BCUT2D eigenvalue weighted by molar-refractivity contribution is 0.0987. The second kappa shape index (κ2) is 6.01. The molecule has 0 aliphatic heterocycles. The lowest BCUT2D eigenvalue weighted by Crippen LogP contribution is -2.07. The molecule has 2 aromatic heterocycles. The molecule has 21 heavy (non-hydrogen) atoms. The average molecular weight is 342 g/mol. The van der Waals surface area contributed by atoms with E-state index >= 15 is 0 Å². The molecule has 0 aliphatic rings. The first kappa shape index (κ1) is 13.7. The van der Waals surface area contributed by atoms with E-state index in [2.05, 4.69) is 26.0 Å². The number of rotatable bonds is 4. The third-order valence-electron chi connectivity index (χ3n) is 3.03. The van der Waals surface area contributed by atoms with Crippen molar-refractivity contribution in [3.05, 3.63) is 76.8 Å². The van der Waals surface area contributed by atoms with Crippen molar-refractivity contribution in [1.29, 1.82) is 0 Å². The van der Waals surface area contributed by atoms with E-state index in [1.807, 2.05) is 42.5 Å². The predicted octanol–water partition coefficient (Wildman–Crippen LogP) is 3.46. The molecule has 3 aromatic rings. The van der Waals surface area contributed by atoms with Crippen LogP contribution >= 0.6 is 15.9 Å². The molecule has 4 nitrogen and oxygen atoms in total. The Balaban J connectivity index is 1.77. The van der Waals surface area contributed by atoms with E-state index in [0.29, 0.717) is 5.69 Å². The van der Waals surface area contributed by atoms with Crippen molar-refractivity contribution < 1.29 is 4.79 Å². The van der Waals surface area contributed by atoms with Crippen molar-refractivity contribution in [2.45, 2.75) is 6.42 Å². The van der Waals surface area contributed by atoms with Crippen LogP contribution in [0, 0.1) is 0 Å². The Hall–Kier alpha value is -2.27. The molecule has 0 N–H and O–H groups in total.